The number of piperazine rings is 1. The molecule has 0 bridgehead atoms. The maximum atomic E-state index is 6.29. The van der Waals surface area contributed by atoms with Gasteiger partial charge in [-0.05, 0) is 23.8 Å². The molecule has 6 heteroatoms. The zero-order valence-corrected chi connectivity index (χ0v) is 15.6. The van der Waals surface area contributed by atoms with Crippen molar-refractivity contribution in [2.24, 2.45) is 0 Å². The lowest BCUT2D eigenvalue weighted by molar-refractivity contribution is 0.249. The molecule has 0 radical (unpaired) electrons. The third kappa shape index (κ3) is 3.45. The van der Waals surface area contributed by atoms with Crippen LogP contribution in [0.3, 0.4) is 0 Å². The maximum Gasteiger partial charge on any atom is 0.227 e. The molecule has 1 saturated heterocycles. The minimum Gasteiger partial charge on any atom is -0.372 e. The van der Waals surface area contributed by atoms with E-state index >= 15 is 0 Å². The molecule has 1 N–H and O–H groups in total. The van der Waals surface area contributed by atoms with Crippen LogP contribution in [-0.4, -0.2) is 48.1 Å². The molecular formula is C20H22ClN5. The van der Waals surface area contributed by atoms with E-state index in [4.69, 9.17) is 21.6 Å². The van der Waals surface area contributed by atoms with Crippen LogP contribution in [0.1, 0.15) is 5.56 Å². The molecule has 3 aromatic rings. The maximum absolute atomic E-state index is 6.29. The molecule has 0 spiro atoms. The number of fused-ring (bicyclic) bond motifs is 1. The molecule has 2 aromatic carbocycles. The Balaban J connectivity index is 1.48. The molecule has 26 heavy (non-hydrogen) atoms. The number of para-hydroxylation sites is 1. The van der Waals surface area contributed by atoms with Gasteiger partial charge in [-0.1, -0.05) is 41.9 Å². The summed E-state index contributed by atoms with van der Waals surface area (Å²) in [5.41, 5.74) is 2.15. The smallest absolute Gasteiger partial charge is 0.227 e. The molecule has 0 amide bonds. The van der Waals surface area contributed by atoms with Crippen molar-refractivity contribution in [1.82, 2.24) is 14.9 Å². The van der Waals surface area contributed by atoms with Crippen molar-refractivity contribution >= 4 is 34.3 Å². The highest BCUT2D eigenvalue weighted by Gasteiger charge is 2.20. The highest BCUT2D eigenvalue weighted by atomic mass is 35.5. The second kappa shape index (κ2) is 7.48. The molecule has 134 valence electrons. The zero-order valence-electron chi connectivity index (χ0n) is 14.8. The minimum atomic E-state index is 0.797. The van der Waals surface area contributed by atoms with Gasteiger partial charge in [0.25, 0.3) is 0 Å². The molecule has 1 aromatic heterocycles. The fourth-order valence-electron chi connectivity index (χ4n) is 3.37. The Kier molecular flexibility index (Phi) is 4.91. The molecular weight excluding hydrogens is 346 g/mol. The third-order valence-corrected chi connectivity index (χ3v) is 5.20. The first-order chi connectivity index (χ1) is 12.7. The van der Waals surface area contributed by atoms with Crippen LogP contribution in [0.15, 0.2) is 48.5 Å². The van der Waals surface area contributed by atoms with E-state index < -0.39 is 0 Å². The lowest BCUT2D eigenvalue weighted by Gasteiger charge is -2.35. The molecule has 4 rings (SSSR count). The van der Waals surface area contributed by atoms with Crippen molar-refractivity contribution in [3.05, 3.63) is 59.1 Å². The summed E-state index contributed by atoms with van der Waals surface area (Å²) < 4.78 is 0. The zero-order chi connectivity index (χ0) is 17.9. The van der Waals surface area contributed by atoms with Gasteiger partial charge in [0.1, 0.15) is 5.82 Å². The average molecular weight is 368 g/mol. The van der Waals surface area contributed by atoms with Crippen LogP contribution in [0.2, 0.25) is 5.02 Å². The SMILES string of the molecule is CNc1nc(N2CCN(Cc3ccccc3Cl)CC2)nc2ccccc12. The summed E-state index contributed by atoms with van der Waals surface area (Å²) in [6.07, 6.45) is 0. The predicted molar refractivity (Wildman–Crippen MR) is 108 cm³/mol. The van der Waals surface area contributed by atoms with Gasteiger partial charge in [-0.2, -0.15) is 4.98 Å². The number of nitrogens with zero attached hydrogens (tertiary/aromatic N) is 4. The summed E-state index contributed by atoms with van der Waals surface area (Å²) in [6, 6.07) is 16.2. The van der Waals surface area contributed by atoms with Crippen molar-refractivity contribution in [3.63, 3.8) is 0 Å². The number of nitrogens with one attached hydrogen (secondary N) is 1. The number of hydrogen-bond acceptors (Lipinski definition) is 5. The van der Waals surface area contributed by atoms with Crippen LogP contribution in [0.5, 0.6) is 0 Å². The van der Waals surface area contributed by atoms with Gasteiger partial charge in [0, 0.05) is 50.2 Å². The monoisotopic (exact) mass is 367 g/mol. The van der Waals surface area contributed by atoms with E-state index in [1.807, 2.05) is 49.5 Å². The summed E-state index contributed by atoms with van der Waals surface area (Å²) in [4.78, 5) is 14.2. The molecule has 2 heterocycles. The highest BCUT2D eigenvalue weighted by molar-refractivity contribution is 6.31. The normalized spacial score (nSPS) is 15.4. The van der Waals surface area contributed by atoms with Crippen LogP contribution < -0.4 is 10.2 Å². The van der Waals surface area contributed by atoms with Gasteiger partial charge >= 0.3 is 0 Å². The Morgan fingerprint density at radius 2 is 1.69 bits per heavy atom. The topological polar surface area (TPSA) is 44.3 Å². The quantitative estimate of drug-likeness (QED) is 0.762. The van der Waals surface area contributed by atoms with Crippen molar-refractivity contribution in [1.29, 1.82) is 0 Å². The molecule has 1 aliphatic rings. The fourth-order valence-corrected chi connectivity index (χ4v) is 3.57. The number of anilines is 2. The van der Waals surface area contributed by atoms with Crippen molar-refractivity contribution in [2.45, 2.75) is 6.54 Å². The van der Waals surface area contributed by atoms with Crippen LogP contribution in [0, 0.1) is 0 Å². The standard InChI is InChI=1S/C20H22ClN5/c1-22-19-16-7-3-5-9-18(16)23-20(24-19)26-12-10-25(11-13-26)14-15-6-2-4-8-17(15)21/h2-9H,10-14H2,1H3,(H,22,23,24). The predicted octanol–water partition coefficient (Wildman–Crippen LogP) is 3.65. The number of aromatic nitrogens is 2. The van der Waals surface area contributed by atoms with E-state index in [1.165, 1.54) is 5.56 Å². The average Bonchev–Trinajstić information content (AvgIpc) is 2.69. The Labute approximate surface area is 158 Å². The second-order valence-corrected chi connectivity index (χ2v) is 6.90. The summed E-state index contributed by atoms with van der Waals surface area (Å²) in [5, 5.41) is 5.09. The van der Waals surface area contributed by atoms with Crippen LogP contribution in [0.25, 0.3) is 10.9 Å². The number of benzene rings is 2. The third-order valence-electron chi connectivity index (χ3n) is 4.84. The molecule has 5 nitrogen and oxygen atoms in total. The van der Waals surface area contributed by atoms with Gasteiger partial charge < -0.3 is 10.2 Å². The summed E-state index contributed by atoms with van der Waals surface area (Å²) in [7, 11) is 1.90. The van der Waals surface area contributed by atoms with Gasteiger partial charge in [-0.3, -0.25) is 4.90 Å². The molecule has 0 unspecified atom stereocenters. The lowest BCUT2D eigenvalue weighted by atomic mass is 10.2. The second-order valence-electron chi connectivity index (χ2n) is 6.49. The first kappa shape index (κ1) is 17.1. The molecule has 0 atom stereocenters. The lowest BCUT2D eigenvalue weighted by Crippen LogP contribution is -2.46. The van der Waals surface area contributed by atoms with Gasteiger partial charge in [-0.15, -0.1) is 0 Å². The first-order valence-electron chi connectivity index (χ1n) is 8.90. The van der Waals surface area contributed by atoms with Gasteiger partial charge in [0.15, 0.2) is 0 Å². The van der Waals surface area contributed by atoms with Crippen LogP contribution in [0.4, 0.5) is 11.8 Å². The van der Waals surface area contributed by atoms with E-state index in [-0.39, 0.29) is 0 Å². The Bertz CT molecular complexity index is 906. The van der Waals surface area contributed by atoms with E-state index in [0.717, 1.165) is 60.4 Å². The summed E-state index contributed by atoms with van der Waals surface area (Å²) in [6.45, 7) is 4.64. The summed E-state index contributed by atoms with van der Waals surface area (Å²) >= 11 is 6.29. The number of rotatable bonds is 4. The Hall–Kier alpha value is -2.37. The summed E-state index contributed by atoms with van der Waals surface area (Å²) in [5.74, 6) is 1.68. The molecule has 0 aliphatic carbocycles. The largest absolute Gasteiger partial charge is 0.372 e. The van der Waals surface area contributed by atoms with Gasteiger partial charge in [-0.25, -0.2) is 4.98 Å². The highest BCUT2D eigenvalue weighted by Crippen LogP contribution is 2.24. The van der Waals surface area contributed by atoms with Gasteiger partial charge in [0.2, 0.25) is 5.95 Å². The van der Waals surface area contributed by atoms with Gasteiger partial charge in [0.05, 0.1) is 5.52 Å². The first-order valence-corrected chi connectivity index (χ1v) is 9.27. The fraction of sp³-hybridized carbons (Fsp3) is 0.300. The van der Waals surface area contributed by atoms with Crippen molar-refractivity contribution in [3.8, 4) is 0 Å². The molecule has 1 aliphatic heterocycles. The number of hydrogen-bond donors (Lipinski definition) is 1. The van der Waals surface area contributed by atoms with Crippen LogP contribution >= 0.6 is 11.6 Å². The van der Waals surface area contributed by atoms with E-state index in [0.29, 0.717) is 0 Å². The van der Waals surface area contributed by atoms with E-state index in [9.17, 15) is 0 Å². The van der Waals surface area contributed by atoms with Crippen molar-refractivity contribution in [2.75, 3.05) is 43.4 Å². The van der Waals surface area contributed by atoms with Crippen LogP contribution in [-0.2, 0) is 6.54 Å². The molecule has 1 fully saturated rings. The Morgan fingerprint density at radius 3 is 2.46 bits per heavy atom. The van der Waals surface area contributed by atoms with E-state index in [2.05, 4.69) is 21.2 Å². The van der Waals surface area contributed by atoms with E-state index in [1.54, 1.807) is 0 Å². The minimum absolute atomic E-state index is 0.797. The number of halogens is 1. The molecule has 0 saturated carbocycles. The van der Waals surface area contributed by atoms with Crippen molar-refractivity contribution < 1.29 is 0 Å². The Morgan fingerprint density at radius 1 is 0.962 bits per heavy atom.